The zero-order chi connectivity index (χ0) is 15.2. The number of unbranched alkanes of at least 4 members (excludes halogenated alkanes) is 2. The van der Waals surface area contributed by atoms with Crippen LogP contribution in [0.5, 0.6) is 0 Å². The van der Waals surface area contributed by atoms with Crippen LogP contribution in [0.4, 0.5) is 0 Å². The second-order valence-electron chi connectivity index (χ2n) is 4.53. The van der Waals surface area contributed by atoms with E-state index in [9.17, 15) is 13.2 Å². The van der Waals surface area contributed by atoms with Gasteiger partial charge in [0.2, 0.25) is 10.0 Å². The summed E-state index contributed by atoms with van der Waals surface area (Å²) in [5.74, 6) is -0.311. The fourth-order valence-electron chi connectivity index (χ4n) is 1.76. The highest BCUT2D eigenvalue weighted by Gasteiger charge is 2.16. The lowest BCUT2D eigenvalue weighted by Crippen LogP contribution is -2.26. The van der Waals surface area contributed by atoms with Crippen molar-refractivity contribution in [2.75, 3.05) is 20.3 Å². The Bertz CT molecular complexity index is 551. The van der Waals surface area contributed by atoms with Gasteiger partial charge >= 0.3 is 0 Å². The summed E-state index contributed by atoms with van der Waals surface area (Å²) in [5, 5.41) is 7.77. The topological polar surface area (TPSA) is 103 Å². The molecular weight excluding hydrogens is 282 g/mol. The Balaban J connectivity index is 2.50. The summed E-state index contributed by atoms with van der Waals surface area (Å²) in [6, 6.07) is 1.27. The highest BCUT2D eigenvalue weighted by molar-refractivity contribution is 7.89. The maximum absolute atomic E-state index is 11.9. The number of sulfonamides is 1. The fourth-order valence-corrected chi connectivity index (χ4v) is 2.34. The van der Waals surface area contributed by atoms with E-state index in [1.165, 1.54) is 16.8 Å². The highest BCUT2D eigenvalue weighted by Crippen LogP contribution is 2.11. The van der Waals surface area contributed by atoms with Crippen LogP contribution in [0.25, 0.3) is 0 Å². The van der Waals surface area contributed by atoms with Crippen molar-refractivity contribution in [1.29, 1.82) is 0 Å². The van der Waals surface area contributed by atoms with E-state index in [-0.39, 0.29) is 16.5 Å². The first-order valence-electron chi connectivity index (χ1n) is 6.32. The number of hydrogen-bond acceptors (Lipinski definition) is 4. The number of rotatable bonds is 8. The zero-order valence-electron chi connectivity index (χ0n) is 11.8. The number of hydrogen-bond donors (Lipinski definition) is 2. The summed E-state index contributed by atoms with van der Waals surface area (Å²) in [6.45, 7) is 1.25. The van der Waals surface area contributed by atoms with Crippen LogP contribution in [-0.2, 0) is 21.8 Å². The van der Waals surface area contributed by atoms with Gasteiger partial charge in [0.1, 0.15) is 10.6 Å². The van der Waals surface area contributed by atoms with Crippen molar-refractivity contribution in [3.63, 3.8) is 0 Å². The monoisotopic (exact) mass is 303 g/mol. The molecule has 0 aliphatic heterocycles. The predicted molar refractivity (Wildman–Crippen MR) is 74.8 cm³/mol. The van der Waals surface area contributed by atoms with E-state index < -0.39 is 10.0 Å². The third kappa shape index (κ3) is 4.95. The van der Waals surface area contributed by atoms with Gasteiger partial charge in [-0.25, -0.2) is 13.6 Å². The first-order chi connectivity index (χ1) is 9.36. The fraction of sp³-hybridized carbons (Fsp3) is 0.583. The zero-order valence-corrected chi connectivity index (χ0v) is 12.6. The Morgan fingerprint density at radius 1 is 1.40 bits per heavy atom. The number of nitrogens with two attached hydrogens (primary N) is 1. The maximum Gasteiger partial charge on any atom is 0.267 e. The summed E-state index contributed by atoms with van der Waals surface area (Å²) in [5.41, 5.74) is 0.269. The average molecular weight is 303 g/mol. The van der Waals surface area contributed by atoms with E-state index >= 15 is 0 Å². The van der Waals surface area contributed by atoms with E-state index in [1.807, 2.05) is 0 Å². The van der Waals surface area contributed by atoms with Crippen molar-refractivity contribution >= 4 is 15.9 Å². The molecule has 1 heterocycles. The Morgan fingerprint density at radius 3 is 2.65 bits per heavy atom. The van der Waals surface area contributed by atoms with Crippen LogP contribution in [0.3, 0.4) is 0 Å². The number of methoxy groups -OCH3 is 1. The van der Waals surface area contributed by atoms with Gasteiger partial charge in [0.15, 0.2) is 0 Å². The molecule has 0 unspecified atom stereocenters. The summed E-state index contributed by atoms with van der Waals surface area (Å²) in [7, 11) is -0.536. The number of aryl methyl sites for hydroxylation is 1. The molecule has 1 amide bonds. The largest absolute Gasteiger partial charge is 0.385 e. The maximum atomic E-state index is 11.9. The van der Waals surface area contributed by atoms with E-state index in [0.717, 1.165) is 19.3 Å². The van der Waals surface area contributed by atoms with Gasteiger partial charge < -0.3 is 14.6 Å². The molecule has 3 N–H and O–H groups in total. The number of carbonyl (C=O) groups excluding carboxylic acids is 1. The molecule has 0 atom stereocenters. The van der Waals surface area contributed by atoms with Crippen molar-refractivity contribution < 1.29 is 17.9 Å². The SMILES string of the molecule is COCCCCCNC(=O)c1cc(S(N)(=O)=O)cn1C. The average Bonchev–Trinajstić information content (AvgIpc) is 2.75. The molecule has 0 bridgehead atoms. The van der Waals surface area contributed by atoms with Crippen LogP contribution < -0.4 is 10.5 Å². The molecule has 20 heavy (non-hydrogen) atoms. The number of nitrogens with one attached hydrogen (secondary N) is 1. The van der Waals surface area contributed by atoms with Crippen LogP contribution in [0.1, 0.15) is 29.8 Å². The Hall–Kier alpha value is -1.38. The van der Waals surface area contributed by atoms with Crippen molar-refractivity contribution in [2.45, 2.75) is 24.2 Å². The minimum atomic E-state index is -3.79. The van der Waals surface area contributed by atoms with Gasteiger partial charge in [0.25, 0.3) is 5.91 Å². The van der Waals surface area contributed by atoms with E-state index in [4.69, 9.17) is 9.88 Å². The van der Waals surface area contributed by atoms with Gasteiger partial charge in [-0.1, -0.05) is 0 Å². The molecule has 1 aromatic rings. The van der Waals surface area contributed by atoms with Crippen LogP contribution in [-0.4, -0.2) is 39.2 Å². The smallest absolute Gasteiger partial charge is 0.267 e. The second-order valence-corrected chi connectivity index (χ2v) is 6.09. The third-order valence-electron chi connectivity index (χ3n) is 2.85. The van der Waals surface area contributed by atoms with Crippen molar-refractivity contribution in [2.24, 2.45) is 12.2 Å². The first kappa shape index (κ1) is 16.7. The quantitative estimate of drug-likeness (QED) is 0.670. The van der Waals surface area contributed by atoms with Gasteiger partial charge in [0, 0.05) is 33.5 Å². The Kier molecular flexibility index (Phi) is 6.18. The predicted octanol–water partition coefficient (Wildman–Crippen LogP) is 0.219. The van der Waals surface area contributed by atoms with Crippen molar-refractivity contribution in [1.82, 2.24) is 9.88 Å². The van der Waals surface area contributed by atoms with Crippen LogP contribution in [0.15, 0.2) is 17.2 Å². The van der Waals surface area contributed by atoms with E-state index in [2.05, 4.69) is 5.32 Å². The molecule has 0 saturated carbocycles. The molecule has 7 nitrogen and oxygen atoms in total. The molecule has 0 fully saturated rings. The molecule has 114 valence electrons. The lowest BCUT2D eigenvalue weighted by Gasteiger charge is -2.05. The molecule has 0 aliphatic carbocycles. The summed E-state index contributed by atoms with van der Waals surface area (Å²) >= 11 is 0. The van der Waals surface area contributed by atoms with E-state index in [0.29, 0.717) is 13.2 Å². The van der Waals surface area contributed by atoms with Crippen molar-refractivity contribution in [3.05, 3.63) is 18.0 Å². The Morgan fingerprint density at radius 2 is 2.10 bits per heavy atom. The van der Waals surface area contributed by atoms with Gasteiger partial charge in [-0.3, -0.25) is 4.79 Å². The molecular formula is C12H21N3O4S. The molecule has 8 heteroatoms. The van der Waals surface area contributed by atoms with Crippen LogP contribution >= 0.6 is 0 Å². The van der Waals surface area contributed by atoms with Gasteiger partial charge in [-0.2, -0.15) is 0 Å². The standard InChI is InChI=1S/C12H21N3O4S/c1-15-9-10(20(13,17)18)8-11(15)12(16)14-6-4-3-5-7-19-2/h8-9H,3-7H2,1-2H3,(H,14,16)(H2,13,17,18). The number of primary sulfonamides is 1. The lowest BCUT2D eigenvalue weighted by molar-refractivity contribution is 0.0944. The molecule has 0 aromatic carbocycles. The molecule has 1 aromatic heterocycles. The molecule has 0 saturated heterocycles. The summed E-state index contributed by atoms with van der Waals surface area (Å²) in [6.07, 6.45) is 4.08. The minimum Gasteiger partial charge on any atom is -0.385 e. The molecule has 1 rings (SSSR count). The molecule has 0 aliphatic rings. The highest BCUT2D eigenvalue weighted by atomic mass is 32.2. The van der Waals surface area contributed by atoms with Crippen LogP contribution in [0, 0.1) is 0 Å². The first-order valence-corrected chi connectivity index (χ1v) is 7.87. The number of ether oxygens (including phenoxy) is 1. The summed E-state index contributed by atoms with van der Waals surface area (Å²) < 4.78 is 28.8. The van der Waals surface area contributed by atoms with Gasteiger partial charge in [-0.05, 0) is 25.3 Å². The summed E-state index contributed by atoms with van der Waals surface area (Å²) in [4.78, 5) is 11.8. The van der Waals surface area contributed by atoms with E-state index in [1.54, 1.807) is 14.2 Å². The Labute approximate surface area is 119 Å². The van der Waals surface area contributed by atoms with Crippen molar-refractivity contribution in [3.8, 4) is 0 Å². The number of carbonyl (C=O) groups is 1. The second kappa shape index (κ2) is 7.41. The molecule has 0 radical (unpaired) electrons. The normalized spacial score (nSPS) is 11.6. The minimum absolute atomic E-state index is 0.0646. The van der Waals surface area contributed by atoms with Gasteiger partial charge in [-0.15, -0.1) is 0 Å². The number of aromatic nitrogens is 1. The number of amides is 1. The lowest BCUT2D eigenvalue weighted by atomic mass is 10.2. The third-order valence-corrected chi connectivity index (χ3v) is 3.73. The molecule has 0 spiro atoms. The van der Waals surface area contributed by atoms with Gasteiger partial charge in [0.05, 0.1) is 0 Å². The van der Waals surface area contributed by atoms with Crippen LogP contribution in [0.2, 0.25) is 0 Å². The number of nitrogens with zero attached hydrogens (tertiary/aromatic N) is 1.